The average molecular weight is 294 g/mol. The molecule has 0 bridgehead atoms. The van der Waals surface area contributed by atoms with Crippen molar-refractivity contribution in [1.82, 2.24) is 0 Å². The Balaban J connectivity index is 2.27. The van der Waals surface area contributed by atoms with Crippen molar-refractivity contribution in [2.75, 3.05) is 0 Å². The Labute approximate surface area is 121 Å². The van der Waals surface area contributed by atoms with Gasteiger partial charge >= 0.3 is 0 Å². The normalized spacial score (nSPS) is 38.4. The first-order valence-electron chi connectivity index (χ1n) is 6.87. The van der Waals surface area contributed by atoms with Gasteiger partial charge in [-0.3, -0.25) is 4.79 Å². The Morgan fingerprint density at radius 2 is 1.86 bits per heavy atom. The molecule has 1 saturated carbocycles. The lowest BCUT2D eigenvalue weighted by Crippen LogP contribution is -2.75. The lowest BCUT2D eigenvalue weighted by atomic mass is 9.64. The second-order valence-corrected chi connectivity index (χ2v) is 6.07. The predicted molar refractivity (Wildman–Crippen MR) is 72.4 cm³/mol. The largest absolute Gasteiger partial charge is 0.507 e. The third-order valence-corrected chi connectivity index (χ3v) is 4.71. The third kappa shape index (κ3) is 1.61. The van der Waals surface area contributed by atoms with Crippen molar-refractivity contribution >= 4 is 5.78 Å². The van der Waals surface area contributed by atoms with Gasteiger partial charge in [0.15, 0.2) is 11.2 Å². The Bertz CT molecular complexity index is 627. The SMILES string of the molecule is Cc1cc(O)c2c(c1)O[C@@]1(C)[C@@H](O)CC[C@H](O)[C@]1(O)C2=O. The van der Waals surface area contributed by atoms with Gasteiger partial charge in [-0.2, -0.15) is 0 Å². The lowest BCUT2D eigenvalue weighted by molar-refractivity contribution is -0.222. The van der Waals surface area contributed by atoms with Gasteiger partial charge in [0.1, 0.15) is 17.1 Å². The summed E-state index contributed by atoms with van der Waals surface area (Å²) in [6.45, 7) is 3.13. The van der Waals surface area contributed by atoms with Gasteiger partial charge in [0.25, 0.3) is 0 Å². The molecule has 1 heterocycles. The van der Waals surface area contributed by atoms with Gasteiger partial charge in [-0.05, 0) is 44.4 Å². The standard InChI is InChI=1S/C15H18O6/c1-7-5-8(16)12-9(6-7)21-14(2)10(17)3-4-11(18)15(14,20)13(12)19/h5-6,10-11,16-18,20H,3-4H2,1-2H3/t10-,11-,14-,15-/m0/s1. The molecule has 1 aromatic rings. The molecular weight excluding hydrogens is 276 g/mol. The number of Topliss-reactive ketones (excluding diaryl/α,β-unsaturated/α-hetero) is 1. The van der Waals surface area contributed by atoms with Crippen molar-refractivity contribution in [2.45, 2.75) is 50.1 Å². The summed E-state index contributed by atoms with van der Waals surface area (Å²) in [4.78, 5) is 12.7. The topological polar surface area (TPSA) is 107 Å². The first kappa shape index (κ1) is 14.3. The number of aliphatic hydroxyl groups is 3. The number of aryl methyl sites for hydroxylation is 1. The lowest BCUT2D eigenvalue weighted by Gasteiger charge is -2.54. The van der Waals surface area contributed by atoms with E-state index in [4.69, 9.17) is 4.74 Å². The van der Waals surface area contributed by atoms with Crippen molar-refractivity contribution in [3.05, 3.63) is 23.3 Å². The molecule has 1 aliphatic heterocycles. The summed E-state index contributed by atoms with van der Waals surface area (Å²) in [5.41, 5.74) is -3.42. The number of carbonyl (C=O) groups excluding carboxylic acids is 1. The molecule has 2 aliphatic rings. The van der Waals surface area contributed by atoms with E-state index in [9.17, 15) is 25.2 Å². The van der Waals surface area contributed by atoms with E-state index >= 15 is 0 Å². The van der Waals surface area contributed by atoms with Crippen LogP contribution in [0.5, 0.6) is 11.5 Å². The van der Waals surface area contributed by atoms with Gasteiger partial charge in [-0.25, -0.2) is 0 Å². The molecule has 0 radical (unpaired) electrons. The minimum atomic E-state index is -2.29. The third-order valence-electron chi connectivity index (χ3n) is 4.71. The van der Waals surface area contributed by atoms with Crippen LogP contribution in [0.1, 0.15) is 35.7 Å². The highest BCUT2D eigenvalue weighted by atomic mass is 16.5. The van der Waals surface area contributed by atoms with Crippen molar-refractivity contribution in [3.63, 3.8) is 0 Å². The maximum absolute atomic E-state index is 12.7. The number of ether oxygens (including phenoxy) is 1. The van der Waals surface area contributed by atoms with Gasteiger partial charge in [-0.15, -0.1) is 0 Å². The zero-order valence-corrected chi connectivity index (χ0v) is 11.8. The van der Waals surface area contributed by atoms with Crippen LogP contribution >= 0.6 is 0 Å². The highest BCUT2D eigenvalue weighted by Crippen LogP contribution is 2.49. The molecule has 1 fully saturated rings. The van der Waals surface area contributed by atoms with Crippen molar-refractivity contribution in [1.29, 1.82) is 0 Å². The molecule has 0 aromatic heterocycles. The maximum atomic E-state index is 12.7. The van der Waals surface area contributed by atoms with E-state index in [-0.39, 0.29) is 29.9 Å². The molecule has 4 N–H and O–H groups in total. The first-order valence-corrected chi connectivity index (χ1v) is 6.87. The molecule has 1 aromatic carbocycles. The van der Waals surface area contributed by atoms with E-state index in [1.54, 1.807) is 13.0 Å². The van der Waals surface area contributed by atoms with Crippen LogP contribution in [0.25, 0.3) is 0 Å². The molecule has 0 saturated heterocycles. The predicted octanol–water partition coefficient (Wildman–Crippen LogP) is 0.281. The molecule has 0 spiro atoms. The van der Waals surface area contributed by atoms with E-state index in [0.29, 0.717) is 5.56 Å². The number of benzene rings is 1. The molecule has 0 amide bonds. The van der Waals surface area contributed by atoms with Crippen LogP contribution in [0.15, 0.2) is 12.1 Å². The highest BCUT2D eigenvalue weighted by molar-refractivity contribution is 6.09. The summed E-state index contributed by atoms with van der Waals surface area (Å²) < 4.78 is 5.70. The maximum Gasteiger partial charge on any atom is 0.208 e. The molecule has 0 unspecified atom stereocenters. The van der Waals surface area contributed by atoms with Gasteiger partial charge in [0, 0.05) is 0 Å². The molecule has 4 atom stereocenters. The fraction of sp³-hybridized carbons (Fsp3) is 0.533. The van der Waals surface area contributed by atoms with Crippen molar-refractivity contribution < 1.29 is 30.0 Å². The molecular formula is C15H18O6. The zero-order chi connectivity index (χ0) is 15.6. The van der Waals surface area contributed by atoms with Crippen LogP contribution in [0.4, 0.5) is 0 Å². The van der Waals surface area contributed by atoms with Crippen LogP contribution < -0.4 is 4.74 Å². The minimum absolute atomic E-state index is 0.0737. The van der Waals surface area contributed by atoms with Crippen molar-refractivity contribution in [3.8, 4) is 11.5 Å². The van der Waals surface area contributed by atoms with Crippen LogP contribution in [-0.4, -0.2) is 49.6 Å². The van der Waals surface area contributed by atoms with E-state index in [1.807, 2.05) is 0 Å². The number of carbonyl (C=O) groups is 1. The van der Waals surface area contributed by atoms with Gasteiger partial charge in [0.05, 0.1) is 12.2 Å². The number of hydrogen-bond donors (Lipinski definition) is 4. The van der Waals surface area contributed by atoms with E-state index in [0.717, 1.165) is 0 Å². The second-order valence-electron chi connectivity index (χ2n) is 6.07. The van der Waals surface area contributed by atoms with E-state index < -0.39 is 29.2 Å². The van der Waals surface area contributed by atoms with E-state index in [2.05, 4.69) is 0 Å². The Morgan fingerprint density at radius 3 is 2.52 bits per heavy atom. The number of fused-ring (bicyclic) bond motifs is 2. The second kappa shape index (κ2) is 4.19. The molecule has 3 rings (SSSR count). The summed E-state index contributed by atoms with van der Waals surface area (Å²) >= 11 is 0. The Kier molecular flexibility index (Phi) is 2.86. The van der Waals surface area contributed by atoms with E-state index in [1.165, 1.54) is 13.0 Å². The number of rotatable bonds is 0. The Morgan fingerprint density at radius 1 is 1.24 bits per heavy atom. The van der Waals surface area contributed by atoms with Gasteiger partial charge < -0.3 is 25.2 Å². The summed E-state index contributed by atoms with van der Waals surface area (Å²) in [6, 6.07) is 2.95. The fourth-order valence-electron chi connectivity index (χ4n) is 3.37. The number of ketones is 1. The number of aliphatic hydroxyl groups excluding tert-OH is 2. The summed E-state index contributed by atoms with van der Waals surface area (Å²) in [5.74, 6) is -1.02. The molecule has 21 heavy (non-hydrogen) atoms. The molecule has 6 nitrogen and oxygen atoms in total. The summed E-state index contributed by atoms with van der Waals surface area (Å²) in [5, 5.41) is 41.2. The average Bonchev–Trinajstić information content (AvgIpc) is 2.39. The van der Waals surface area contributed by atoms with Crippen LogP contribution in [0.2, 0.25) is 0 Å². The Hall–Kier alpha value is -1.63. The van der Waals surface area contributed by atoms with Gasteiger partial charge in [-0.1, -0.05) is 0 Å². The highest BCUT2D eigenvalue weighted by Gasteiger charge is 2.67. The number of hydrogen-bond acceptors (Lipinski definition) is 6. The quantitative estimate of drug-likeness (QED) is 0.547. The van der Waals surface area contributed by atoms with Gasteiger partial charge in [0.2, 0.25) is 5.78 Å². The zero-order valence-electron chi connectivity index (χ0n) is 11.8. The van der Waals surface area contributed by atoms with Crippen LogP contribution in [0.3, 0.4) is 0 Å². The van der Waals surface area contributed by atoms with Crippen LogP contribution in [0, 0.1) is 6.92 Å². The molecule has 1 aliphatic carbocycles. The number of aromatic hydroxyl groups is 1. The molecule has 6 heteroatoms. The van der Waals surface area contributed by atoms with Crippen LogP contribution in [-0.2, 0) is 0 Å². The minimum Gasteiger partial charge on any atom is -0.507 e. The molecule has 114 valence electrons. The fourth-order valence-corrected chi connectivity index (χ4v) is 3.37. The monoisotopic (exact) mass is 294 g/mol. The van der Waals surface area contributed by atoms with Crippen molar-refractivity contribution in [2.24, 2.45) is 0 Å². The first-order chi connectivity index (χ1) is 9.71. The summed E-state index contributed by atoms with van der Waals surface area (Å²) in [6.07, 6.45) is -2.19. The number of phenolic OH excluding ortho intramolecular Hbond substituents is 1. The summed E-state index contributed by atoms with van der Waals surface area (Å²) in [7, 11) is 0. The smallest absolute Gasteiger partial charge is 0.208 e. The number of phenols is 1.